The van der Waals surface area contributed by atoms with Gasteiger partial charge in [0.1, 0.15) is 11.8 Å². The van der Waals surface area contributed by atoms with Crippen molar-refractivity contribution < 1.29 is 9.53 Å². The monoisotopic (exact) mass is 463 g/mol. The number of nitrogens with one attached hydrogen (secondary N) is 2. The molecule has 1 atom stereocenters. The highest BCUT2D eigenvalue weighted by atomic mass is 35.5. The van der Waals surface area contributed by atoms with E-state index in [9.17, 15) is 4.79 Å². The number of thiophene rings is 1. The van der Waals surface area contributed by atoms with Gasteiger partial charge in [0.05, 0.1) is 12.0 Å². The van der Waals surface area contributed by atoms with Crippen LogP contribution in [0, 0.1) is 0 Å². The van der Waals surface area contributed by atoms with E-state index in [0.717, 1.165) is 22.6 Å². The normalized spacial score (nSPS) is 14.8. The number of ether oxygens (including phenoxy) is 1. The SMILES string of the molecule is COc1ccc([C@H]2C=C(c3ccc(Cl)cc3)Nc3nc(NC(=O)c4cccs4)nn32)cc1. The molecule has 1 aliphatic rings. The first-order valence-electron chi connectivity index (χ1n) is 9.81. The summed E-state index contributed by atoms with van der Waals surface area (Å²) in [4.78, 5) is 17.6. The van der Waals surface area contributed by atoms with Crippen LogP contribution in [0.25, 0.3) is 5.70 Å². The molecular weight excluding hydrogens is 446 g/mol. The van der Waals surface area contributed by atoms with Crippen LogP contribution in [0.3, 0.4) is 0 Å². The summed E-state index contributed by atoms with van der Waals surface area (Å²) >= 11 is 7.42. The van der Waals surface area contributed by atoms with Gasteiger partial charge in [0.25, 0.3) is 11.9 Å². The molecule has 0 radical (unpaired) electrons. The summed E-state index contributed by atoms with van der Waals surface area (Å²) in [5.74, 6) is 1.29. The Morgan fingerprint density at radius 2 is 1.94 bits per heavy atom. The second-order valence-electron chi connectivity index (χ2n) is 7.07. The number of rotatable bonds is 5. The minimum absolute atomic E-state index is 0.232. The number of hydrogen-bond acceptors (Lipinski definition) is 6. The van der Waals surface area contributed by atoms with Crippen molar-refractivity contribution in [2.45, 2.75) is 6.04 Å². The molecule has 32 heavy (non-hydrogen) atoms. The van der Waals surface area contributed by atoms with Crippen LogP contribution in [0.5, 0.6) is 5.75 Å². The van der Waals surface area contributed by atoms with E-state index in [1.807, 2.05) is 60.0 Å². The maximum atomic E-state index is 12.5. The number of hydrogen-bond donors (Lipinski definition) is 2. The number of amides is 1. The minimum atomic E-state index is -0.241. The van der Waals surface area contributed by atoms with E-state index in [1.54, 1.807) is 17.9 Å². The zero-order valence-electron chi connectivity index (χ0n) is 16.9. The van der Waals surface area contributed by atoms with Crippen molar-refractivity contribution in [3.05, 3.63) is 93.1 Å². The lowest BCUT2D eigenvalue weighted by Gasteiger charge is -2.24. The van der Waals surface area contributed by atoms with E-state index in [1.165, 1.54) is 11.3 Å². The van der Waals surface area contributed by atoms with E-state index in [4.69, 9.17) is 16.3 Å². The predicted octanol–water partition coefficient (Wildman–Crippen LogP) is 5.31. The predicted molar refractivity (Wildman–Crippen MR) is 126 cm³/mol. The molecule has 0 saturated heterocycles. The minimum Gasteiger partial charge on any atom is -0.497 e. The fraction of sp³-hybridized carbons (Fsp3) is 0.0870. The quantitative estimate of drug-likeness (QED) is 0.419. The van der Waals surface area contributed by atoms with Crippen molar-refractivity contribution >= 4 is 46.4 Å². The second kappa shape index (κ2) is 8.49. The smallest absolute Gasteiger partial charge is 0.268 e. The van der Waals surface area contributed by atoms with Crippen molar-refractivity contribution in [2.75, 3.05) is 17.7 Å². The van der Waals surface area contributed by atoms with Crippen molar-refractivity contribution in [1.29, 1.82) is 0 Å². The highest BCUT2D eigenvalue weighted by Gasteiger charge is 2.26. The molecule has 160 valence electrons. The summed E-state index contributed by atoms with van der Waals surface area (Å²) in [6, 6.07) is 18.7. The van der Waals surface area contributed by atoms with Crippen molar-refractivity contribution in [3.8, 4) is 5.75 Å². The Kier molecular flexibility index (Phi) is 5.38. The molecule has 0 spiro atoms. The Morgan fingerprint density at radius 1 is 1.16 bits per heavy atom. The number of methoxy groups -OCH3 is 1. The van der Waals surface area contributed by atoms with Gasteiger partial charge in [-0.3, -0.25) is 10.1 Å². The fourth-order valence-corrected chi connectivity index (χ4v) is 4.20. The van der Waals surface area contributed by atoms with Crippen LogP contribution < -0.4 is 15.4 Å². The first-order chi connectivity index (χ1) is 15.6. The molecule has 0 fully saturated rings. The van der Waals surface area contributed by atoms with Crippen LogP contribution in [0.4, 0.5) is 11.9 Å². The summed E-state index contributed by atoms with van der Waals surface area (Å²) in [5.41, 5.74) is 2.84. The average Bonchev–Trinajstić information content (AvgIpc) is 3.49. The van der Waals surface area contributed by atoms with Gasteiger partial charge >= 0.3 is 0 Å². The fourth-order valence-electron chi connectivity index (χ4n) is 3.45. The average molecular weight is 464 g/mol. The van der Waals surface area contributed by atoms with Gasteiger partial charge < -0.3 is 10.1 Å². The molecule has 0 aliphatic carbocycles. The number of carbonyl (C=O) groups is 1. The van der Waals surface area contributed by atoms with Crippen molar-refractivity contribution in [1.82, 2.24) is 14.8 Å². The molecule has 2 aromatic carbocycles. The van der Waals surface area contributed by atoms with Gasteiger partial charge in [-0.05, 0) is 52.9 Å². The third-order valence-electron chi connectivity index (χ3n) is 5.05. The summed E-state index contributed by atoms with van der Waals surface area (Å²) in [6.07, 6.45) is 2.07. The Hall–Kier alpha value is -3.62. The molecule has 2 N–H and O–H groups in total. The van der Waals surface area contributed by atoms with Crippen molar-refractivity contribution in [3.63, 3.8) is 0 Å². The third-order valence-corrected chi connectivity index (χ3v) is 6.17. The Balaban J connectivity index is 1.52. The van der Waals surface area contributed by atoms with Gasteiger partial charge in [-0.1, -0.05) is 41.9 Å². The highest BCUT2D eigenvalue weighted by Crippen LogP contribution is 2.34. The van der Waals surface area contributed by atoms with Crippen LogP contribution in [-0.2, 0) is 0 Å². The molecule has 0 bridgehead atoms. The second-order valence-corrected chi connectivity index (χ2v) is 8.45. The summed E-state index contributed by atoms with van der Waals surface area (Å²) in [6.45, 7) is 0. The van der Waals surface area contributed by atoms with E-state index >= 15 is 0 Å². The molecule has 2 aromatic heterocycles. The lowest BCUT2D eigenvalue weighted by atomic mass is 10.0. The Bertz CT molecular complexity index is 1280. The molecule has 1 amide bonds. The molecule has 3 heterocycles. The number of anilines is 2. The van der Waals surface area contributed by atoms with E-state index in [0.29, 0.717) is 15.8 Å². The van der Waals surface area contributed by atoms with E-state index in [-0.39, 0.29) is 17.9 Å². The summed E-state index contributed by atoms with van der Waals surface area (Å²) in [5, 5.41) is 13.2. The number of nitrogens with zero attached hydrogens (tertiary/aromatic N) is 3. The Morgan fingerprint density at radius 3 is 2.62 bits per heavy atom. The maximum Gasteiger partial charge on any atom is 0.268 e. The summed E-state index contributed by atoms with van der Waals surface area (Å²) < 4.78 is 7.04. The van der Waals surface area contributed by atoms with Crippen LogP contribution in [-0.4, -0.2) is 27.8 Å². The number of halogens is 1. The highest BCUT2D eigenvalue weighted by molar-refractivity contribution is 7.12. The van der Waals surface area contributed by atoms with E-state index in [2.05, 4.69) is 26.8 Å². The van der Waals surface area contributed by atoms with Gasteiger partial charge in [-0.2, -0.15) is 4.98 Å². The first-order valence-corrected chi connectivity index (χ1v) is 11.1. The first kappa shape index (κ1) is 20.3. The standard InChI is InChI=1S/C23H18ClN5O2S/c1-31-17-10-6-15(7-11-17)19-13-18(14-4-8-16(24)9-5-14)25-23-27-22(28-29(19)23)26-21(30)20-3-2-12-32-20/h2-13,19H,1H3,(H2,25,26,27,28,30)/t19-/m1/s1. The molecular formula is C23H18ClN5O2S. The van der Waals surface area contributed by atoms with Gasteiger partial charge in [0, 0.05) is 10.7 Å². The van der Waals surface area contributed by atoms with E-state index < -0.39 is 0 Å². The topological polar surface area (TPSA) is 81.1 Å². The zero-order valence-corrected chi connectivity index (χ0v) is 18.5. The van der Waals surface area contributed by atoms with Crippen molar-refractivity contribution in [2.24, 2.45) is 0 Å². The molecule has 1 aliphatic heterocycles. The molecule has 5 rings (SSSR count). The van der Waals surface area contributed by atoms with Crippen LogP contribution >= 0.6 is 22.9 Å². The number of aromatic nitrogens is 3. The molecule has 4 aromatic rings. The maximum absolute atomic E-state index is 12.5. The molecule has 0 saturated carbocycles. The molecule has 9 heteroatoms. The third kappa shape index (κ3) is 3.98. The lowest BCUT2D eigenvalue weighted by molar-refractivity contribution is 0.102. The number of carbonyl (C=O) groups excluding carboxylic acids is 1. The van der Waals surface area contributed by atoms with Crippen LogP contribution in [0.2, 0.25) is 5.02 Å². The number of benzene rings is 2. The van der Waals surface area contributed by atoms with Gasteiger partial charge in [0.15, 0.2) is 0 Å². The van der Waals surface area contributed by atoms with Gasteiger partial charge in [-0.15, -0.1) is 16.4 Å². The summed E-state index contributed by atoms with van der Waals surface area (Å²) in [7, 11) is 1.64. The Labute approximate surface area is 193 Å². The number of fused-ring (bicyclic) bond motifs is 1. The molecule has 7 nitrogen and oxygen atoms in total. The van der Waals surface area contributed by atoms with Gasteiger partial charge in [-0.25, -0.2) is 4.68 Å². The van der Waals surface area contributed by atoms with Crippen LogP contribution in [0.1, 0.15) is 26.8 Å². The van der Waals surface area contributed by atoms with Crippen LogP contribution in [0.15, 0.2) is 72.1 Å². The zero-order chi connectivity index (χ0) is 22.1. The largest absolute Gasteiger partial charge is 0.497 e. The lowest BCUT2D eigenvalue weighted by Crippen LogP contribution is -2.20. The van der Waals surface area contributed by atoms with Gasteiger partial charge in [0.2, 0.25) is 5.95 Å². The molecule has 0 unspecified atom stereocenters. The number of allylic oxidation sites excluding steroid dienone is 1.